The van der Waals surface area contributed by atoms with Crippen LogP contribution in [0.4, 0.5) is 0 Å². The number of carbonyl (C=O) groups is 1. The molecule has 2 rings (SSSR count). The minimum atomic E-state index is -0.146. The van der Waals surface area contributed by atoms with Gasteiger partial charge in [0.2, 0.25) is 0 Å². The number of benzene rings is 1. The topological polar surface area (TPSA) is 38.3 Å². The molecule has 18 heavy (non-hydrogen) atoms. The molecule has 0 bridgehead atoms. The van der Waals surface area contributed by atoms with E-state index in [0.717, 1.165) is 24.9 Å². The zero-order valence-corrected chi connectivity index (χ0v) is 10.9. The van der Waals surface area contributed by atoms with Crippen molar-refractivity contribution in [1.82, 2.24) is 5.32 Å². The van der Waals surface area contributed by atoms with Gasteiger partial charge in [0.1, 0.15) is 0 Å². The summed E-state index contributed by atoms with van der Waals surface area (Å²) in [6.07, 6.45) is 4.47. The van der Waals surface area contributed by atoms with Gasteiger partial charge in [0.05, 0.1) is 13.0 Å². The molecule has 0 aromatic heterocycles. The van der Waals surface area contributed by atoms with E-state index in [-0.39, 0.29) is 11.9 Å². The minimum absolute atomic E-state index is 0.131. The van der Waals surface area contributed by atoms with Crippen molar-refractivity contribution in [3.63, 3.8) is 0 Å². The second-order valence-electron chi connectivity index (χ2n) is 4.87. The normalized spacial score (nSPS) is 21.3. The quantitative estimate of drug-likeness (QED) is 0.831. The van der Waals surface area contributed by atoms with Crippen LogP contribution < -0.4 is 5.32 Å². The smallest absolute Gasteiger partial charge is 0.313 e. The molecule has 0 amide bonds. The average molecular weight is 247 g/mol. The van der Waals surface area contributed by atoms with Crippen LogP contribution in [0.5, 0.6) is 0 Å². The van der Waals surface area contributed by atoms with E-state index in [1.807, 2.05) is 30.3 Å². The van der Waals surface area contributed by atoms with Crippen molar-refractivity contribution >= 4 is 5.97 Å². The Morgan fingerprint density at radius 3 is 2.78 bits per heavy atom. The van der Waals surface area contributed by atoms with Crippen molar-refractivity contribution in [3.05, 3.63) is 35.9 Å². The average Bonchev–Trinajstić information content (AvgIpc) is 2.46. The molecule has 1 heterocycles. The summed E-state index contributed by atoms with van der Waals surface area (Å²) in [5.74, 6) is -0.277. The highest BCUT2D eigenvalue weighted by atomic mass is 16.5. The first-order chi connectivity index (χ1) is 8.81. The van der Waals surface area contributed by atoms with Crippen molar-refractivity contribution in [2.45, 2.75) is 37.6 Å². The molecular formula is C15H21NO2. The van der Waals surface area contributed by atoms with Crippen LogP contribution in [0.1, 0.15) is 37.2 Å². The largest absolute Gasteiger partial charge is 0.469 e. The number of methoxy groups -OCH3 is 1. The monoisotopic (exact) mass is 247 g/mol. The first kappa shape index (κ1) is 13.1. The summed E-state index contributed by atoms with van der Waals surface area (Å²) in [6.45, 7) is 1.06. The van der Waals surface area contributed by atoms with Gasteiger partial charge in [-0.3, -0.25) is 4.79 Å². The lowest BCUT2D eigenvalue weighted by atomic mass is 9.89. The summed E-state index contributed by atoms with van der Waals surface area (Å²) in [7, 11) is 1.46. The Bertz CT molecular complexity index is 371. The zero-order chi connectivity index (χ0) is 12.8. The Morgan fingerprint density at radius 2 is 2.17 bits per heavy atom. The van der Waals surface area contributed by atoms with Crippen LogP contribution in [0.2, 0.25) is 0 Å². The summed E-state index contributed by atoms with van der Waals surface area (Å²) in [6, 6.07) is 10.4. The van der Waals surface area contributed by atoms with E-state index >= 15 is 0 Å². The van der Waals surface area contributed by atoms with Crippen LogP contribution in [0, 0.1) is 0 Å². The van der Waals surface area contributed by atoms with E-state index in [9.17, 15) is 4.79 Å². The van der Waals surface area contributed by atoms with Crippen molar-refractivity contribution in [2.24, 2.45) is 0 Å². The Kier molecular flexibility index (Phi) is 4.76. The Labute approximate surface area is 109 Å². The molecule has 0 radical (unpaired) electrons. The van der Waals surface area contributed by atoms with E-state index in [1.165, 1.54) is 20.0 Å². The van der Waals surface area contributed by atoms with Crippen molar-refractivity contribution < 1.29 is 9.53 Å². The third kappa shape index (κ3) is 3.33. The molecule has 1 aromatic carbocycles. The molecule has 3 heteroatoms. The lowest BCUT2D eigenvalue weighted by Crippen LogP contribution is -2.36. The molecule has 1 aliphatic rings. The van der Waals surface area contributed by atoms with Crippen LogP contribution in [-0.4, -0.2) is 25.7 Å². The van der Waals surface area contributed by atoms with Crippen LogP contribution >= 0.6 is 0 Å². The molecule has 0 spiro atoms. The van der Waals surface area contributed by atoms with Gasteiger partial charge in [-0.15, -0.1) is 0 Å². The molecule has 1 fully saturated rings. The number of hydrogen-bond acceptors (Lipinski definition) is 3. The highest BCUT2D eigenvalue weighted by Crippen LogP contribution is 2.25. The SMILES string of the molecule is COC(=O)C(CC1CCCCN1)c1ccccc1. The molecule has 98 valence electrons. The zero-order valence-electron chi connectivity index (χ0n) is 10.9. The van der Waals surface area contributed by atoms with Gasteiger partial charge in [-0.2, -0.15) is 0 Å². The fourth-order valence-electron chi connectivity index (χ4n) is 2.61. The molecule has 1 aliphatic heterocycles. The number of ether oxygens (including phenoxy) is 1. The maximum atomic E-state index is 11.9. The minimum Gasteiger partial charge on any atom is -0.469 e. The predicted molar refractivity (Wildman–Crippen MR) is 71.5 cm³/mol. The molecule has 0 aliphatic carbocycles. The second-order valence-corrected chi connectivity index (χ2v) is 4.87. The summed E-state index contributed by atoms with van der Waals surface area (Å²) in [5.41, 5.74) is 1.05. The number of carbonyl (C=O) groups excluding carboxylic acids is 1. The van der Waals surface area contributed by atoms with Gasteiger partial charge >= 0.3 is 5.97 Å². The van der Waals surface area contributed by atoms with Gasteiger partial charge in [0.25, 0.3) is 0 Å². The Balaban J connectivity index is 2.07. The fraction of sp³-hybridized carbons (Fsp3) is 0.533. The van der Waals surface area contributed by atoms with Crippen molar-refractivity contribution in [3.8, 4) is 0 Å². The predicted octanol–water partition coefficient (Wildman–Crippen LogP) is 2.48. The first-order valence-corrected chi connectivity index (χ1v) is 6.67. The van der Waals surface area contributed by atoms with E-state index in [2.05, 4.69) is 5.32 Å². The van der Waals surface area contributed by atoms with Gasteiger partial charge < -0.3 is 10.1 Å². The van der Waals surface area contributed by atoms with Gasteiger partial charge in [-0.05, 0) is 31.4 Å². The third-order valence-corrected chi connectivity index (χ3v) is 3.62. The van der Waals surface area contributed by atoms with Gasteiger partial charge in [0, 0.05) is 6.04 Å². The molecule has 1 N–H and O–H groups in total. The number of hydrogen-bond donors (Lipinski definition) is 1. The highest BCUT2D eigenvalue weighted by molar-refractivity contribution is 5.78. The van der Waals surface area contributed by atoms with Crippen LogP contribution in [-0.2, 0) is 9.53 Å². The van der Waals surface area contributed by atoms with Crippen molar-refractivity contribution in [1.29, 1.82) is 0 Å². The maximum absolute atomic E-state index is 11.9. The van der Waals surface area contributed by atoms with Crippen molar-refractivity contribution in [2.75, 3.05) is 13.7 Å². The Morgan fingerprint density at radius 1 is 1.39 bits per heavy atom. The fourth-order valence-corrected chi connectivity index (χ4v) is 2.61. The molecule has 3 nitrogen and oxygen atoms in total. The van der Waals surface area contributed by atoms with Crippen LogP contribution in [0.25, 0.3) is 0 Å². The van der Waals surface area contributed by atoms with Gasteiger partial charge in [-0.1, -0.05) is 36.8 Å². The van der Waals surface area contributed by atoms with Crippen LogP contribution in [0.15, 0.2) is 30.3 Å². The maximum Gasteiger partial charge on any atom is 0.313 e. The lowest BCUT2D eigenvalue weighted by molar-refractivity contribution is -0.142. The highest BCUT2D eigenvalue weighted by Gasteiger charge is 2.26. The summed E-state index contributed by atoms with van der Waals surface area (Å²) >= 11 is 0. The first-order valence-electron chi connectivity index (χ1n) is 6.67. The van der Waals surface area contributed by atoms with E-state index in [4.69, 9.17) is 4.74 Å². The second kappa shape index (κ2) is 6.55. The Hall–Kier alpha value is -1.35. The third-order valence-electron chi connectivity index (χ3n) is 3.62. The van der Waals surface area contributed by atoms with Gasteiger partial charge in [-0.25, -0.2) is 0 Å². The molecular weight excluding hydrogens is 226 g/mol. The van der Waals surface area contributed by atoms with Gasteiger partial charge in [0.15, 0.2) is 0 Å². The molecule has 1 saturated heterocycles. The van der Waals surface area contributed by atoms with E-state index in [0.29, 0.717) is 6.04 Å². The van der Waals surface area contributed by atoms with E-state index < -0.39 is 0 Å². The number of esters is 1. The lowest BCUT2D eigenvalue weighted by Gasteiger charge is -2.26. The number of piperidine rings is 1. The summed E-state index contributed by atoms with van der Waals surface area (Å²) in [5, 5.41) is 3.49. The number of nitrogens with one attached hydrogen (secondary N) is 1. The molecule has 2 atom stereocenters. The molecule has 1 aromatic rings. The summed E-state index contributed by atoms with van der Waals surface area (Å²) < 4.78 is 4.94. The van der Waals surface area contributed by atoms with Crippen LogP contribution in [0.3, 0.4) is 0 Å². The standard InChI is InChI=1S/C15H21NO2/c1-18-15(17)14(12-7-3-2-4-8-12)11-13-9-5-6-10-16-13/h2-4,7-8,13-14,16H,5-6,9-11H2,1H3. The molecule has 2 unspecified atom stereocenters. The van der Waals surface area contributed by atoms with E-state index in [1.54, 1.807) is 0 Å². The number of rotatable bonds is 4. The summed E-state index contributed by atoms with van der Waals surface area (Å²) in [4.78, 5) is 11.9. The molecule has 0 saturated carbocycles.